The van der Waals surface area contributed by atoms with Crippen LogP contribution < -0.4 is 0 Å². The number of ether oxygens (including phenoxy) is 1. The molecule has 1 N–H and O–H groups in total. The quantitative estimate of drug-likeness (QED) is 0.781. The first kappa shape index (κ1) is 13.1. The van der Waals surface area contributed by atoms with Crippen molar-refractivity contribution in [2.45, 2.75) is 13.0 Å². The maximum atomic E-state index is 10.7. The number of carbonyl (C=O) groups is 1. The van der Waals surface area contributed by atoms with Crippen LogP contribution in [-0.4, -0.2) is 47.8 Å². The first-order chi connectivity index (χ1) is 7.65. The topological polar surface area (TPSA) is 62.7 Å². The van der Waals surface area contributed by atoms with Gasteiger partial charge in [0.25, 0.3) is 0 Å². The molecule has 0 saturated heterocycles. The van der Waals surface area contributed by atoms with E-state index in [2.05, 4.69) is 4.98 Å². The van der Waals surface area contributed by atoms with E-state index in [9.17, 15) is 4.79 Å². The lowest BCUT2D eigenvalue weighted by molar-refractivity contribution is -0.139. The lowest BCUT2D eigenvalue weighted by Gasteiger charge is -2.25. The Morgan fingerprint density at radius 1 is 1.75 bits per heavy atom. The van der Waals surface area contributed by atoms with Crippen LogP contribution in [0.2, 0.25) is 0 Å². The molecule has 0 aromatic carbocycles. The van der Waals surface area contributed by atoms with E-state index in [1.165, 1.54) is 11.3 Å². The molecule has 0 bridgehead atoms. The van der Waals surface area contributed by atoms with Crippen LogP contribution in [0.25, 0.3) is 0 Å². The zero-order valence-corrected chi connectivity index (χ0v) is 10.2. The summed E-state index contributed by atoms with van der Waals surface area (Å²) in [6.07, 6.45) is 1.73. The Labute approximate surface area is 98.7 Å². The Balaban J connectivity index is 2.63. The molecule has 0 fully saturated rings. The monoisotopic (exact) mass is 244 g/mol. The molecule has 6 heteroatoms. The number of thiazole rings is 1. The highest BCUT2D eigenvalue weighted by Crippen LogP contribution is 2.21. The number of hydrogen-bond donors (Lipinski definition) is 1. The Hall–Kier alpha value is -0.980. The summed E-state index contributed by atoms with van der Waals surface area (Å²) in [6, 6.07) is 0.00579. The van der Waals surface area contributed by atoms with Crippen molar-refractivity contribution in [2.75, 3.05) is 26.8 Å². The third-order valence-electron chi connectivity index (χ3n) is 2.28. The van der Waals surface area contributed by atoms with Gasteiger partial charge in [-0.05, 0) is 6.92 Å². The minimum atomic E-state index is -0.834. The lowest BCUT2D eigenvalue weighted by atomic mass is 10.3. The third kappa shape index (κ3) is 3.88. The molecule has 0 aliphatic rings. The predicted molar refractivity (Wildman–Crippen MR) is 61.6 cm³/mol. The maximum absolute atomic E-state index is 10.7. The first-order valence-corrected chi connectivity index (χ1v) is 5.87. The Morgan fingerprint density at radius 2 is 2.50 bits per heavy atom. The van der Waals surface area contributed by atoms with Crippen molar-refractivity contribution in [3.8, 4) is 0 Å². The molecule has 0 saturated carbocycles. The van der Waals surface area contributed by atoms with E-state index in [0.717, 1.165) is 5.01 Å². The van der Waals surface area contributed by atoms with Crippen LogP contribution in [0.3, 0.4) is 0 Å². The second-order valence-electron chi connectivity index (χ2n) is 3.40. The van der Waals surface area contributed by atoms with Crippen LogP contribution in [0.4, 0.5) is 0 Å². The number of aromatic nitrogens is 1. The minimum Gasteiger partial charge on any atom is -0.480 e. The van der Waals surface area contributed by atoms with Gasteiger partial charge in [0.1, 0.15) is 5.01 Å². The fourth-order valence-corrected chi connectivity index (χ4v) is 2.12. The highest BCUT2D eigenvalue weighted by atomic mass is 32.1. The van der Waals surface area contributed by atoms with Crippen molar-refractivity contribution < 1.29 is 14.6 Å². The Morgan fingerprint density at radius 3 is 3.00 bits per heavy atom. The van der Waals surface area contributed by atoms with Crippen LogP contribution in [0.15, 0.2) is 11.6 Å². The van der Waals surface area contributed by atoms with E-state index < -0.39 is 5.97 Å². The normalized spacial score (nSPS) is 12.9. The van der Waals surface area contributed by atoms with Crippen molar-refractivity contribution >= 4 is 17.3 Å². The molecule has 90 valence electrons. The van der Waals surface area contributed by atoms with Crippen LogP contribution >= 0.6 is 11.3 Å². The maximum Gasteiger partial charge on any atom is 0.317 e. The van der Waals surface area contributed by atoms with Crippen molar-refractivity contribution in [1.82, 2.24) is 9.88 Å². The average Bonchev–Trinajstić information content (AvgIpc) is 2.76. The van der Waals surface area contributed by atoms with Crippen molar-refractivity contribution in [3.63, 3.8) is 0 Å². The van der Waals surface area contributed by atoms with Crippen molar-refractivity contribution in [1.29, 1.82) is 0 Å². The Kier molecular flexibility index (Phi) is 5.37. The molecule has 1 aromatic heterocycles. The van der Waals surface area contributed by atoms with Gasteiger partial charge in [-0.25, -0.2) is 4.98 Å². The molecule has 1 atom stereocenters. The van der Waals surface area contributed by atoms with E-state index in [0.29, 0.717) is 13.2 Å². The Bertz CT molecular complexity index is 316. The van der Waals surface area contributed by atoms with Gasteiger partial charge in [0.2, 0.25) is 0 Å². The number of methoxy groups -OCH3 is 1. The van der Waals surface area contributed by atoms with E-state index >= 15 is 0 Å². The SMILES string of the molecule is COCCN(CC(=O)O)C(C)c1nccs1. The lowest BCUT2D eigenvalue weighted by Crippen LogP contribution is -2.34. The van der Waals surface area contributed by atoms with Gasteiger partial charge < -0.3 is 9.84 Å². The molecule has 5 nitrogen and oxygen atoms in total. The summed E-state index contributed by atoms with van der Waals surface area (Å²) in [5, 5.41) is 11.6. The summed E-state index contributed by atoms with van der Waals surface area (Å²) in [6.45, 7) is 3.06. The van der Waals surface area contributed by atoms with Crippen LogP contribution in [-0.2, 0) is 9.53 Å². The zero-order valence-electron chi connectivity index (χ0n) is 9.42. The van der Waals surface area contributed by atoms with E-state index in [-0.39, 0.29) is 12.6 Å². The van der Waals surface area contributed by atoms with Crippen molar-refractivity contribution in [3.05, 3.63) is 16.6 Å². The molecule has 1 aromatic rings. The van der Waals surface area contributed by atoms with E-state index in [1.807, 2.05) is 17.2 Å². The molecule has 1 rings (SSSR count). The standard InChI is InChI=1S/C10H16N2O3S/c1-8(10-11-3-6-16-10)12(4-5-15-2)7-9(13)14/h3,6,8H,4-5,7H2,1-2H3,(H,13,14). The molecule has 0 aliphatic heterocycles. The van der Waals surface area contributed by atoms with Gasteiger partial charge in [-0.15, -0.1) is 11.3 Å². The molecule has 1 unspecified atom stereocenters. The van der Waals surface area contributed by atoms with E-state index in [4.69, 9.17) is 9.84 Å². The summed E-state index contributed by atoms with van der Waals surface area (Å²) < 4.78 is 4.97. The second-order valence-corrected chi connectivity index (χ2v) is 4.33. The van der Waals surface area contributed by atoms with Crippen LogP contribution in [0.1, 0.15) is 18.0 Å². The fourth-order valence-electron chi connectivity index (χ4n) is 1.39. The number of nitrogens with zero attached hydrogens (tertiary/aromatic N) is 2. The molecule has 0 spiro atoms. The fraction of sp³-hybridized carbons (Fsp3) is 0.600. The highest BCUT2D eigenvalue weighted by Gasteiger charge is 2.19. The summed E-state index contributed by atoms with van der Waals surface area (Å²) in [5.41, 5.74) is 0. The predicted octanol–water partition coefficient (Wildman–Crippen LogP) is 1.24. The van der Waals surface area contributed by atoms with Gasteiger partial charge in [-0.1, -0.05) is 0 Å². The van der Waals surface area contributed by atoms with Gasteiger partial charge in [0.05, 0.1) is 19.2 Å². The van der Waals surface area contributed by atoms with Crippen LogP contribution in [0.5, 0.6) is 0 Å². The summed E-state index contributed by atoms with van der Waals surface area (Å²) >= 11 is 1.53. The smallest absolute Gasteiger partial charge is 0.317 e. The molecule has 0 amide bonds. The number of carboxylic acids is 1. The number of hydrogen-bond acceptors (Lipinski definition) is 5. The van der Waals surface area contributed by atoms with Crippen LogP contribution in [0, 0.1) is 0 Å². The highest BCUT2D eigenvalue weighted by molar-refractivity contribution is 7.09. The third-order valence-corrected chi connectivity index (χ3v) is 3.22. The minimum absolute atomic E-state index is 0.00407. The summed E-state index contributed by atoms with van der Waals surface area (Å²) in [4.78, 5) is 16.8. The number of rotatable bonds is 7. The molecule has 1 heterocycles. The van der Waals surface area contributed by atoms with Crippen molar-refractivity contribution in [2.24, 2.45) is 0 Å². The molecular formula is C10H16N2O3S. The average molecular weight is 244 g/mol. The number of carboxylic acid groups (broad SMARTS) is 1. The second kappa shape index (κ2) is 6.57. The molecular weight excluding hydrogens is 228 g/mol. The van der Waals surface area contributed by atoms with Gasteiger partial charge >= 0.3 is 5.97 Å². The van der Waals surface area contributed by atoms with Gasteiger partial charge in [0.15, 0.2) is 0 Å². The molecule has 0 radical (unpaired) electrons. The van der Waals surface area contributed by atoms with Gasteiger partial charge in [-0.2, -0.15) is 0 Å². The molecule has 16 heavy (non-hydrogen) atoms. The van der Waals surface area contributed by atoms with Gasteiger partial charge in [0, 0.05) is 25.2 Å². The van der Waals surface area contributed by atoms with E-state index in [1.54, 1.807) is 13.3 Å². The molecule has 0 aliphatic carbocycles. The summed E-state index contributed by atoms with van der Waals surface area (Å²) in [7, 11) is 1.60. The number of aliphatic carboxylic acids is 1. The summed E-state index contributed by atoms with van der Waals surface area (Å²) in [5.74, 6) is -0.834. The largest absolute Gasteiger partial charge is 0.480 e. The van der Waals surface area contributed by atoms with Gasteiger partial charge in [-0.3, -0.25) is 9.69 Å². The first-order valence-electron chi connectivity index (χ1n) is 4.99. The zero-order chi connectivity index (χ0) is 12.0.